The average Bonchev–Trinajstić information content (AvgIpc) is 2.90. The molecular formula is C14H18N4. The van der Waals surface area contributed by atoms with Crippen LogP contribution >= 0.6 is 0 Å². The summed E-state index contributed by atoms with van der Waals surface area (Å²) in [5.41, 5.74) is 2.27. The van der Waals surface area contributed by atoms with Crippen LogP contribution in [-0.4, -0.2) is 48.3 Å². The number of hydrogen-bond donors (Lipinski definition) is 1. The maximum atomic E-state index is 4.42. The van der Waals surface area contributed by atoms with Crippen LogP contribution in [0.5, 0.6) is 0 Å². The zero-order valence-corrected chi connectivity index (χ0v) is 10.6. The molecule has 1 aliphatic heterocycles. The van der Waals surface area contributed by atoms with Crippen LogP contribution in [0.15, 0.2) is 36.4 Å². The fraction of sp³-hybridized carbons (Fsp3) is 0.357. The first kappa shape index (κ1) is 11.3. The molecule has 1 aromatic carbocycles. The first-order chi connectivity index (χ1) is 8.83. The van der Waals surface area contributed by atoms with E-state index in [1.54, 1.807) is 0 Å². The van der Waals surface area contributed by atoms with E-state index in [9.17, 15) is 0 Å². The molecule has 0 saturated carbocycles. The highest BCUT2D eigenvalue weighted by molar-refractivity contribution is 5.63. The molecule has 4 nitrogen and oxygen atoms in total. The third-order valence-electron chi connectivity index (χ3n) is 3.48. The molecule has 0 amide bonds. The molecule has 3 rings (SSSR count). The van der Waals surface area contributed by atoms with Gasteiger partial charge in [-0.1, -0.05) is 30.3 Å². The molecule has 94 valence electrons. The van der Waals surface area contributed by atoms with Gasteiger partial charge in [-0.2, -0.15) is 5.10 Å². The lowest BCUT2D eigenvalue weighted by atomic mass is 10.1. The van der Waals surface area contributed by atoms with E-state index in [-0.39, 0.29) is 0 Å². The monoisotopic (exact) mass is 242 g/mol. The zero-order valence-electron chi connectivity index (χ0n) is 10.6. The van der Waals surface area contributed by atoms with Crippen LogP contribution in [0, 0.1) is 0 Å². The molecule has 1 aromatic heterocycles. The molecule has 1 aliphatic rings. The van der Waals surface area contributed by atoms with E-state index in [1.165, 1.54) is 5.56 Å². The summed E-state index contributed by atoms with van der Waals surface area (Å²) in [6.07, 6.45) is 0. The zero-order chi connectivity index (χ0) is 12.4. The Labute approximate surface area is 107 Å². The van der Waals surface area contributed by atoms with Gasteiger partial charge in [-0.15, -0.1) is 0 Å². The Morgan fingerprint density at radius 3 is 2.50 bits per heavy atom. The standard InChI is InChI=1S/C14H18N4/c1-17-7-9-18(10-8-17)14-11-13(15-16-14)12-5-3-2-4-6-12/h2-6,11H,7-10H2,1H3,(H,15,16). The van der Waals surface area contributed by atoms with E-state index in [0.717, 1.165) is 37.7 Å². The molecule has 2 aromatic rings. The fourth-order valence-electron chi connectivity index (χ4n) is 2.27. The molecule has 2 heterocycles. The summed E-state index contributed by atoms with van der Waals surface area (Å²) in [7, 11) is 2.16. The van der Waals surface area contributed by atoms with Gasteiger partial charge in [-0.05, 0) is 12.6 Å². The molecule has 0 radical (unpaired) electrons. The number of nitrogens with one attached hydrogen (secondary N) is 1. The largest absolute Gasteiger partial charge is 0.353 e. The minimum Gasteiger partial charge on any atom is -0.353 e. The molecule has 1 fully saturated rings. The quantitative estimate of drug-likeness (QED) is 0.872. The first-order valence-corrected chi connectivity index (χ1v) is 6.37. The third kappa shape index (κ3) is 2.24. The second-order valence-corrected chi connectivity index (χ2v) is 4.80. The lowest BCUT2D eigenvalue weighted by Gasteiger charge is -2.32. The number of H-pyrrole nitrogens is 1. The topological polar surface area (TPSA) is 35.2 Å². The van der Waals surface area contributed by atoms with Crippen molar-refractivity contribution in [2.75, 3.05) is 38.1 Å². The summed E-state index contributed by atoms with van der Waals surface area (Å²) >= 11 is 0. The van der Waals surface area contributed by atoms with Crippen LogP contribution < -0.4 is 4.90 Å². The van der Waals surface area contributed by atoms with Crippen molar-refractivity contribution in [2.24, 2.45) is 0 Å². The number of rotatable bonds is 2. The van der Waals surface area contributed by atoms with Crippen molar-refractivity contribution >= 4 is 5.82 Å². The Morgan fingerprint density at radius 2 is 1.78 bits per heavy atom. The van der Waals surface area contributed by atoms with Gasteiger partial charge in [-0.3, -0.25) is 5.10 Å². The molecule has 1 saturated heterocycles. The molecule has 0 aliphatic carbocycles. The minimum absolute atomic E-state index is 1.05. The Morgan fingerprint density at radius 1 is 1.06 bits per heavy atom. The highest BCUT2D eigenvalue weighted by Gasteiger charge is 2.16. The van der Waals surface area contributed by atoms with Gasteiger partial charge in [0.25, 0.3) is 0 Å². The van der Waals surface area contributed by atoms with Crippen LogP contribution in [0.2, 0.25) is 0 Å². The van der Waals surface area contributed by atoms with Crippen LogP contribution in [0.1, 0.15) is 0 Å². The van der Waals surface area contributed by atoms with Crippen molar-refractivity contribution in [1.29, 1.82) is 0 Å². The van der Waals surface area contributed by atoms with Crippen LogP contribution in [0.25, 0.3) is 11.3 Å². The smallest absolute Gasteiger partial charge is 0.151 e. The van der Waals surface area contributed by atoms with Gasteiger partial charge in [0.2, 0.25) is 0 Å². The highest BCUT2D eigenvalue weighted by Crippen LogP contribution is 2.22. The van der Waals surface area contributed by atoms with E-state index in [0.29, 0.717) is 0 Å². The Balaban J connectivity index is 1.78. The lowest BCUT2D eigenvalue weighted by molar-refractivity contribution is 0.312. The van der Waals surface area contributed by atoms with Gasteiger partial charge >= 0.3 is 0 Å². The number of aromatic amines is 1. The Kier molecular flexibility index (Phi) is 3.02. The maximum Gasteiger partial charge on any atom is 0.151 e. The van der Waals surface area contributed by atoms with Gasteiger partial charge in [0, 0.05) is 32.2 Å². The van der Waals surface area contributed by atoms with Crippen molar-refractivity contribution < 1.29 is 0 Å². The van der Waals surface area contributed by atoms with E-state index in [1.807, 2.05) is 18.2 Å². The van der Waals surface area contributed by atoms with Crippen molar-refractivity contribution in [3.8, 4) is 11.3 Å². The van der Waals surface area contributed by atoms with E-state index in [4.69, 9.17) is 0 Å². The number of piperazine rings is 1. The molecular weight excluding hydrogens is 224 g/mol. The predicted octanol–water partition coefficient (Wildman–Crippen LogP) is 1.83. The number of likely N-dealkylation sites (N-methyl/N-ethyl adjacent to an activating group) is 1. The van der Waals surface area contributed by atoms with Crippen LogP contribution in [-0.2, 0) is 0 Å². The Bertz CT molecular complexity index is 498. The molecule has 18 heavy (non-hydrogen) atoms. The normalized spacial score (nSPS) is 17.1. The number of hydrogen-bond acceptors (Lipinski definition) is 3. The van der Waals surface area contributed by atoms with Crippen molar-refractivity contribution in [3.63, 3.8) is 0 Å². The summed E-state index contributed by atoms with van der Waals surface area (Å²) < 4.78 is 0. The van der Waals surface area contributed by atoms with Gasteiger partial charge in [0.1, 0.15) is 0 Å². The second kappa shape index (κ2) is 4.82. The minimum atomic E-state index is 1.05. The molecule has 1 N–H and O–H groups in total. The van der Waals surface area contributed by atoms with Crippen molar-refractivity contribution in [2.45, 2.75) is 0 Å². The molecule has 0 spiro atoms. The lowest BCUT2D eigenvalue weighted by Crippen LogP contribution is -2.44. The second-order valence-electron chi connectivity index (χ2n) is 4.80. The molecule has 4 heteroatoms. The summed E-state index contributed by atoms with van der Waals surface area (Å²) in [4.78, 5) is 4.68. The van der Waals surface area contributed by atoms with Crippen molar-refractivity contribution in [3.05, 3.63) is 36.4 Å². The molecule has 0 bridgehead atoms. The SMILES string of the molecule is CN1CCN(c2cc(-c3ccccc3)[nH]n2)CC1. The maximum absolute atomic E-state index is 4.42. The van der Waals surface area contributed by atoms with Crippen LogP contribution in [0.3, 0.4) is 0 Å². The number of anilines is 1. The van der Waals surface area contributed by atoms with Gasteiger partial charge in [-0.25, -0.2) is 0 Å². The number of aromatic nitrogens is 2. The molecule has 0 atom stereocenters. The number of benzene rings is 1. The summed E-state index contributed by atoms with van der Waals surface area (Å²) in [5.74, 6) is 1.06. The average molecular weight is 242 g/mol. The summed E-state index contributed by atoms with van der Waals surface area (Å²) in [6, 6.07) is 12.5. The van der Waals surface area contributed by atoms with Gasteiger partial charge in [0.15, 0.2) is 5.82 Å². The molecule has 0 unspecified atom stereocenters. The van der Waals surface area contributed by atoms with Crippen LogP contribution in [0.4, 0.5) is 5.82 Å². The van der Waals surface area contributed by atoms with E-state index >= 15 is 0 Å². The van der Waals surface area contributed by atoms with Gasteiger partial charge in [0.05, 0.1) is 5.69 Å². The first-order valence-electron chi connectivity index (χ1n) is 6.37. The third-order valence-corrected chi connectivity index (χ3v) is 3.48. The van der Waals surface area contributed by atoms with Gasteiger partial charge < -0.3 is 9.80 Å². The fourth-order valence-corrected chi connectivity index (χ4v) is 2.27. The Hall–Kier alpha value is -1.81. The number of nitrogens with zero attached hydrogens (tertiary/aromatic N) is 3. The van der Waals surface area contributed by atoms with Crippen molar-refractivity contribution in [1.82, 2.24) is 15.1 Å². The predicted molar refractivity (Wildman–Crippen MR) is 73.7 cm³/mol. The summed E-state index contributed by atoms with van der Waals surface area (Å²) in [5, 5.41) is 7.55. The summed E-state index contributed by atoms with van der Waals surface area (Å²) in [6.45, 7) is 4.31. The van der Waals surface area contributed by atoms with E-state index in [2.05, 4.69) is 45.2 Å². The highest BCUT2D eigenvalue weighted by atomic mass is 15.3. The van der Waals surface area contributed by atoms with E-state index < -0.39 is 0 Å².